The zero-order valence-corrected chi connectivity index (χ0v) is 21.0. The first-order chi connectivity index (χ1) is 17.8. The summed E-state index contributed by atoms with van der Waals surface area (Å²) in [7, 11) is 0. The van der Waals surface area contributed by atoms with Crippen molar-refractivity contribution in [2.75, 3.05) is 0 Å². The van der Waals surface area contributed by atoms with Crippen molar-refractivity contribution in [1.29, 1.82) is 0 Å². The van der Waals surface area contributed by atoms with E-state index in [-0.39, 0.29) is 0 Å². The van der Waals surface area contributed by atoms with E-state index >= 15 is 0 Å². The minimum Gasteiger partial charge on any atom is -0.0616 e. The second-order valence-electron chi connectivity index (χ2n) is 10.3. The van der Waals surface area contributed by atoms with Crippen molar-refractivity contribution in [1.82, 2.24) is 0 Å². The molecule has 0 nitrogen and oxygen atoms in total. The molecule has 6 rings (SSSR count). The van der Waals surface area contributed by atoms with Gasteiger partial charge in [-0.3, -0.25) is 0 Å². The van der Waals surface area contributed by atoms with Crippen LogP contribution >= 0.6 is 0 Å². The smallest absolute Gasteiger partial charge is 0.0146 e. The molecule has 0 saturated carbocycles. The van der Waals surface area contributed by atoms with Gasteiger partial charge in [0.15, 0.2) is 0 Å². The van der Waals surface area contributed by atoms with E-state index < -0.39 is 0 Å². The Hall–Kier alpha value is -3.64. The van der Waals surface area contributed by atoms with Crippen LogP contribution in [0.1, 0.15) is 49.7 Å². The van der Waals surface area contributed by atoms with E-state index in [9.17, 15) is 0 Å². The van der Waals surface area contributed by atoms with E-state index in [1.165, 1.54) is 106 Å². The van der Waals surface area contributed by atoms with Crippen molar-refractivity contribution < 1.29 is 0 Å². The molecular weight excluding hydrogens is 432 g/mol. The molecule has 0 fully saturated rings. The van der Waals surface area contributed by atoms with Gasteiger partial charge < -0.3 is 0 Å². The predicted molar refractivity (Wildman–Crippen MR) is 158 cm³/mol. The lowest BCUT2D eigenvalue weighted by atomic mass is 9.95. The molecule has 0 amide bonds. The van der Waals surface area contributed by atoms with E-state index in [1.807, 2.05) is 0 Å². The Balaban J connectivity index is 0.994. The van der Waals surface area contributed by atoms with Crippen LogP contribution in [0.2, 0.25) is 0 Å². The van der Waals surface area contributed by atoms with Crippen molar-refractivity contribution in [2.45, 2.75) is 51.4 Å². The molecule has 0 bridgehead atoms. The summed E-state index contributed by atoms with van der Waals surface area (Å²) in [5.74, 6) is 0. The van der Waals surface area contributed by atoms with Crippen molar-refractivity contribution in [3.8, 4) is 0 Å². The van der Waals surface area contributed by atoms with Gasteiger partial charge in [0.25, 0.3) is 0 Å². The molecule has 0 N–H and O–H groups in total. The van der Waals surface area contributed by atoms with Gasteiger partial charge in [-0.05, 0) is 104 Å². The highest BCUT2D eigenvalue weighted by Crippen LogP contribution is 2.28. The van der Waals surface area contributed by atoms with Gasteiger partial charge in [-0.2, -0.15) is 0 Å². The second kappa shape index (κ2) is 10.5. The lowest BCUT2D eigenvalue weighted by Crippen LogP contribution is -1.90. The first-order valence-electron chi connectivity index (χ1n) is 13.7. The van der Waals surface area contributed by atoms with Gasteiger partial charge >= 0.3 is 0 Å². The van der Waals surface area contributed by atoms with E-state index in [2.05, 4.69) is 109 Å². The Labute approximate surface area is 214 Å². The molecule has 0 aliphatic carbocycles. The maximum atomic E-state index is 2.39. The highest BCUT2D eigenvalue weighted by atomic mass is 14.1. The monoisotopic (exact) mass is 466 g/mol. The zero-order valence-electron chi connectivity index (χ0n) is 21.0. The van der Waals surface area contributed by atoms with Crippen LogP contribution in [-0.2, 0) is 12.8 Å². The molecule has 178 valence electrons. The normalized spacial score (nSPS) is 11.7. The molecule has 6 aromatic rings. The first kappa shape index (κ1) is 22.8. The Kier molecular flexibility index (Phi) is 6.68. The molecule has 0 heterocycles. The molecule has 6 aromatic carbocycles. The van der Waals surface area contributed by atoms with E-state index in [0.717, 1.165) is 0 Å². The van der Waals surface area contributed by atoms with E-state index in [0.29, 0.717) is 0 Å². The van der Waals surface area contributed by atoms with E-state index in [4.69, 9.17) is 0 Å². The van der Waals surface area contributed by atoms with Crippen LogP contribution < -0.4 is 0 Å². The largest absolute Gasteiger partial charge is 0.0616 e. The Morgan fingerprint density at radius 2 is 0.667 bits per heavy atom. The summed E-state index contributed by atoms with van der Waals surface area (Å²) in [5, 5.41) is 10.9. The van der Waals surface area contributed by atoms with Gasteiger partial charge in [0.05, 0.1) is 0 Å². The van der Waals surface area contributed by atoms with Crippen molar-refractivity contribution in [2.24, 2.45) is 0 Å². The fourth-order valence-corrected chi connectivity index (χ4v) is 5.84. The second-order valence-corrected chi connectivity index (χ2v) is 10.3. The molecule has 0 radical (unpaired) electrons. The lowest BCUT2D eigenvalue weighted by molar-refractivity contribution is 0.595. The molecule has 0 aliphatic heterocycles. The SMILES string of the molecule is c1ccc2cc3c(CCCCCCCCc4cccc5cc6ccccc6cc45)cccc3cc2c1. The lowest BCUT2D eigenvalue weighted by Gasteiger charge is -2.09. The summed E-state index contributed by atoms with van der Waals surface area (Å²) in [4.78, 5) is 0. The van der Waals surface area contributed by atoms with Crippen LogP contribution in [0.3, 0.4) is 0 Å². The molecule has 0 aliphatic rings. The summed E-state index contributed by atoms with van der Waals surface area (Å²) < 4.78 is 0. The first-order valence-corrected chi connectivity index (χ1v) is 13.7. The highest BCUT2D eigenvalue weighted by molar-refractivity contribution is 6.00. The molecule has 0 unspecified atom stereocenters. The summed E-state index contributed by atoms with van der Waals surface area (Å²) in [6.45, 7) is 0. The van der Waals surface area contributed by atoms with Gasteiger partial charge in [0.2, 0.25) is 0 Å². The topological polar surface area (TPSA) is 0 Å². The molecule has 0 aromatic heterocycles. The average molecular weight is 467 g/mol. The summed E-state index contributed by atoms with van der Waals surface area (Å²) in [6.07, 6.45) is 10.3. The predicted octanol–water partition coefficient (Wildman–Crippen LogP) is 10.4. The zero-order chi connectivity index (χ0) is 24.2. The van der Waals surface area contributed by atoms with Crippen LogP contribution in [0.25, 0.3) is 43.1 Å². The fourth-order valence-electron chi connectivity index (χ4n) is 5.84. The van der Waals surface area contributed by atoms with Gasteiger partial charge in [0, 0.05) is 0 Å². The maximum Gasteiger partial charge on any atom is -0.0146 e. The molecule has 0 spiro atoms. The van der Waals surface area contributed by atoms with Crippen molar-refractivity contribution in [3.05, 3.63) is 120 Å². The summed E-state index contributed by atoms with van der Waals surface area (Å²) >= 11 is 0. The minimum absolute atomic E-state index is 1.18. The summed E-state index contributed by atoms with van der Waals surface area (Å²) in [5.41, 5.74) is 3.00. The van der Waals surface area contributed by atoms with Gasteiger partial charge in [-0.15, -0.1) is 0 Å². The number of hydrogen-bond acceptors (Lipinski definition) is 0. The standard InChI is InChI=1S/C36H34/c1(3-5-13-27-19-11-21-33-23-29-15-7-9-17-31(29)25-35(27)33)2-4-6-14-28-20-12-22-34-24-30-16-8-10-18-32(30)26-36(28)34/h7-12,15-26H,1-6,13-14H2. The molecule has 0 saturated heterocycles. The van der Waals surface area contributed by atoms with Crippen LogP contribution in [-0.4, -0.2) is 0 Å². The van der Waals surface area contributed by atoms with E-state index in [1.54, 1.807) is 0 Å². The molecule has 0 atom stereocenters. The number of benzene rings is 6. The van der Waals surface area contributed by atoms with Crippen molar-refractivity contribution in [3.63, 3.8) is 0 Å². The third-order valence-corrected chi connectivity index (χ3v) is 7.82. The maximum absolute atomic E-state index is 2.39. The quantitative estimate of drug-likeness (QED) is 0.147. The van der Waals surface area contributed by atoms with Gasteiger partial charge in [-0.25, -0.2) is 0 Å². The Morgan fingerprint density at radius 1 is 0.306 bits per heavy atom. The van der Waals surface area contributed by atoms with Crippen LogP contribution in [0.5, 0.6) is 0 Å². The minimum atomic E-state index is 1.18. The summed E-state index contributed by atoms with van der Waals surface area (Å²) in [6, 6.07) is 40.5. The Morgan fingerprint density at radius 3 is 1.11 bits per heavy atom. The van der Waals surface area contributed by atoms with Crippen molar-refractivity contribution >= 4 is 43.1 Å². The fraction of sp³-hybridized carbons (Fsp3) is 0.222. The number of unbranched alkanes of at least 4 members (excludes halogenated alkanes) is 5. The molecule has 36 heavy (non-hydrogen) atoms. The molecule has 0 heteroatoms. The van der Waals surface area contributed by atoms with Gasteiger partial charge in [0.1, 0.15) is 0 Å². The number of rotatable bonds is 9. The Bertz CT molecular complexity index is 1510. The average Bonchev–Trinajstić information content (AvgIpc) is 2.92. The number of hydrogen-bond donors (Lipinski definition) is 0. The van der Waals surface area contributed by atoms with Gasteiger partial charge in [-0.1, -0.05) is 111 Å². The third-order valence-electron chi connectivity index (χ3n) is 7.82. The van der Waals surface area contributed by atoms with Crippen LogP contribution in [0.15, 0.2) is 109 Å². The number of fused-ring (bicyclic) bond motifs is 4. The molecular formula is C36H34. The van der Waals surface area contributed by atoms with Crippen LogP contribution in [0, 0.1) is 0 Å². The third kappa shape index (κ3) is 4.86. The number of aryl methyl sites for hydroxylation is 2. The van der Waals surface area contributed by atoms with Crippen LogP contribution in [0.4, 0.5) is 0 Å². The highest BCUT2D eigenvalue weighted by Gasteiger charge is 2.05.